The summed E-state index contributed by atoms with van der Waals surface area (Å²) in [6.07, 6.45) is -6.30. The Morgan fingerprint density at radius 2 is 1.41 bits per heavy atom. The number of anilines is 2. The number of thioether (sulfide) groups is 1. The van der Waals surface area contributed by atoms with Gasteiger partial charge in [-0.2, -0.15) is 18.2 Å². The van der Waals surface area contributed by atoms with Gasteiger partial charge in [-0.25, -0.2) is 23.4 Å². The maximum Gasteiger partial charge on any atom is 0.417 e. The van der Waals surface area contributed by atoms with E-state index in [0.29, 0.717) is 28.7 Å². The molecule has 1 fully saturated rings. The third kappa shape index (κ3) is 9.51. The van der Waals surface area contributed by atoms with Crippen LogP contribution in [0.5, 0.6) is 11.5 Å². The van der Waals surface area contributed by atoms with Gasteiger partial charge in [0.2, 0.25) is 0 Å². The first kappa shape index (κ1) is 45.4. The lowest BCUT2D eigenvalue weighted by atomic mass is 9.98. The highest BCUT2D eigenvalue weighted by molar-refractivity contribution is 7.99. The number of aromatic nitrogens is 3. The minimum absolute atomic E-state index is 0.0153. The van der Waals surface area contributed by atoms with Crippen molar-refractivity contribution in [2.24, 2.45) is 0 Å². The molecule has 0 radical (unpaired) electrons. The van der Waals surface area contributed by atoms with E-state index in [1.165, 1.54) is 30.8 Å². The highest BCUT2D eigenvalue weighted by Crippen LogP contribution is 2.49. The summed E-state index contributed by atoms with van der Waals surface area (Å²) in [4.78, 5) is 40.9. The molecule has 1 saturated heterocycles. The third-order valence-corrected chi connectivity index (χ3v) is 12.2. The Morgan fingerprint density at radius 3 is 1.92 bits per heavy atom. The molecule has 0 aliphatic carbocycles. The fraction of sp³-hybridized carbons (Fsp3) is 0.422. The van der Waals surface area contributed by atoms with Crippen molar-refractivity contribution in [2.45, 2.75) is 89.1 Å². The van der Waals surface area contributed by atoms with Crippen molar-refractivity contribution in [2.75, 3.05) is 50.0 Å². The van der Waals surface area contributed by atoms with Gasteiger partial charge in [0.25, 0.3) is 0 Å². The number of hydrogen-bond acceptors (Lipinski definition) is 11. The highest BCUT2D eigenvalue weighted by atomic mass is 32.2. The molecule has 2 aromatic heterocycles. The van der Waals surface area contributed by atoms with E-state index in [1.54, 1.807) is 92.9 Å². The Morgan fingerprint density at radius 1 is 0.841 bits per heavy atom. The molecule has 3 aromatic carbocycles. The summed E-state index contributed by atoms with van der Waals surface area (Å²) in [5.41, 5.74) is -2.74. The normalized spacial score (nSPS) is 18.0. The van der Waals surface area contributed by atoms with Crippen LogP contribution >= 0.6 is 11.8 Å². The van der Waals surface area contributed by atoms with E-state index in [4.69, 9.17) is 18.9 Å². The summed E-state index contributed by atoms with van der Waals surface area (Å²) in [5.74, 6) is -1.62. The van der Waals surface area contributed by atoms with Gasteiger partial charge < -0.3 is 28.7 Å². The Kier molecular flexibility index (Phi) is 12.9. The van der Waals surface area contributed by atoms with Crippen molar-refractivity contribution in [3.05, 3.63) is 99.5 Å². The Bertz CT molecular complexity index is 2490. The van der Waals surface area contributed by atoms with Crippen molar-refractivity contribution in [3.63, 3.8) is 0 Å². The molecule has 2 aliphatic heterocycles. The Hall–Kier alpha value is -5.62. The fourth-order valence-electron chi connectivity index (χ4n) is 8.11. The Labute approximate surface area is 365 Å². The predicted octanol–water partition coefficient (Wildman–Crippen LogP) is 8.93. The minimum atomic E-state index is -5.10. The molecule has 3 atom stereocenters. The van der Waals surface area contributed by atoms with E-state index in [0.717, 1.165) is 17.8 Å². The van der Waals surface area contributed by atoms with Crippen LogP contribution in [0.15, 0.2) is 70.4 Å². The number of pyridine rings is 1. The highest BCUT2D eigenvalue weighted by Gasteiger charge is 2.42. The summed E-state index contributed by atoms with van der Waals surface area (Å²) in [5, 5.41) is -0.0153. The van der Waals surface area contributed by atoms with Crippen LogP contribution in [0.25, 0.3) is 22.2 Å². The first-order chi connectivity index (χ1) is 29.8. The molecule has 0 unspecified atom stereocenters. The van der Waals surface area contributed by atoms with Crippen molar-refractivity contribution < 1.29 is 45.7 Å². The second-order valence-corrected chi connectivity index (χ2v) is 17.7. The van der Waals surface area contributed by atoms with Crippen LogP contribution in [-0.4, -0.2) is 89.5 Å². The van der Waals surface area contributed by atoms with Gasteiger partial charge in [0.05, 0.1) is 50.0 Å². The van der Waals surface area contributed by atoms with Crippen LogP contribution in [0.2, 0.25) is 0 Å². The molecule has 63 heavy (non-hydrogen) atoms. The molecule has 12 nitrogen and oxygen atoms in total. The number of benzene rings is 3. The molecular formula is C45H49F5N6O6S. The number of ether oxygens (including phenoxy) is 4. The maximum atomic E-state index is 16.5. The lowest BCUT2D eigenvalue weighted by Gasteiger charge is -2.45. The molecule has 0 bridgehead atoms. The summed E-state index contributed by atoms with van der Waals surface area (Å²) >= 11 is 0.962. The van der Waals surface area contributed by atoms with Gasteiger partial charge in [-0.3, -0.25) is 9.47 Å². The molecule has 5 aromatic rings. The zero-order valence-electron chi connectivity index (χ0n) is 36.2. The lowest BCUT2D eigenvalue weighted by molar-refractivity contribution is -0.137. The van der Waals surface area contributed by atoms with Crippen LogP contribution in [0, 0.1) is 11.6 Å². The number of amides is 1. The van der Waals surface area contributed by atoms with Gasteiger partial charge in [0, 0.05) is 61.0 Å². The number of carbonyl (C=O) groups is 1. The Balaban J connectivity index is 1.43. The number of methoxy groups -OCH3 is 3. The van der Waals surface area contributed by atoms with Crippen LogP contribution < -0.4 is 25.0 Å². The van der Waals surface area contributed by atoms with Crippen molar-refractivity contribution in [3.8, 4) is 22.8 Å². The first-order valence-corrected chi connectivity index (χ1v) is 21.3. The molecule has 0 saturated carbocycles. The van der Waals surface area contributed by atoms with Crippen LogP contribution in [0.4, 0.5) is 38.4 Å². The number of piperazine rings is 1. The molecule has 4 heterocycles. The summed E-state index contributed by atoms with van der Waals surface area (Å²) in [7, 11) is 4.46. The molecular weight excluding hydrogens is 848 g/mol. The SMILES string of the molecule is COc1ccc(CN(Cc2ccc(OC)cc2)c2nc(-c3c(C(F)(F)F)cc4c(N5C[C@@H](C)N(C(=O)OC(C)(C)C)[C@@H](C)C5)nc(=O)n5c4c3SC[C@@H](OC)C5)c(F)cc2F)cc1. The number of carbonyl (C=O) groups excluding carboxylic acids is 1. The second-order valence-electron chi connectivity index (χ2n) is 16.7. The summed E-state index contributed by atoms with van der Waals surface area (Å²) in [6, 6.07) is 14.3. The van der Waals surface area contributed by atoms with E-state index < -0.39 is 76.0 Å². The molecule has 1 amide bonds. The predicted molar refractivity (Wildman–Crippen MR) is 231 cm³/mol. The van der Waals surface area contributed by atoms with Crippen molar-refractivity contribution in [1.82, 2.24) is 19.4 Å². The fourth-order valence-corrected chi connectivity index (χ4v) is 9.41. The summed E-state index contributed by atoms with van der Waals surface area (Å²) in [6.45, 7) is 9.01. The standard InChI is InChI=1S/C45H49F5N6O6S/c1-25-19-53(20-26(2)56(25)43(58)62-44(3,4)5)40-32-17-33(45(48,49)50)36(39-38(32)55(42(57)52-40)23-31(61-8)24-63-39)37-34(46)18-35(47)41(51-37)54(21-27-9-13-29(59-6)14-10-27)22-28-11-15-30(60-7)16-12-28/h9-18,25-26,31H,19-24H2,1-8H3/t25-,26+,31-/m0/s1. The van der Waals surface area contributed by atoms with Gasteiger partial charge in [0.15, 0.2) is 17.5 Å². The van der Waals surface area contributed by atoms with E-state index in [2.05, 4.69) is 9.97 Å². The van der Waals surface area contributed by atoms with Crippen LogP contribution in [0.3, 0.4) is 0 Å². The number of nitrogens with zero attached hydrogens (tertiary/aromatic N) is 6. The number of hydrogen-bond donors (Lipinski definition) is 0. The van der Waals surface area contributed by atoms with Gasteiger partial charge >= 0.3 is 18.0 Å². The maximum absolute atomic E-state index is 16.5. The summed E-state index contributed by atoms with van der Waals surface area (Å²) < 4.78 is 103. The van der Waals surface area contributed by atoms with Crippen LogP contribution in [-0.2, 0) is 35.3 Å². The molecule has 0 N–H and O–H groups in total. The van der Waals surface area contributed by atoms with Gasteiger partial charge in [-0.1, -0.05) is 24.3 Å². The second kappa shape index (κ2) is 17.9. The minimum Gasteiger partial charge on any atom is -0.497 e. The first-order valence-electron chi connectivity index (χ1n) is 20.3. The lowest BCUT2D eigenvalue weighted by Crippen LogP contribution is -2.59. The van der Waals surface area contributed by atoms with E-state index in [-0.39, 0.29) is 60.1 Å². The third-order valence-electron chi connectivity index (χ3n) is 11.0. The number of rotatable bonds is 10. The smallest absolute Gasteiger partial charge is 0.417 e. The average Bonchev–Trinajstić information content (AvgIpc) is 3.42. The molecule has 0 spiro atoms. The number of halogens is 5. The van der Waals surface area contributed by atoms with Gasteiger partial charge in [-0.15, -0.1) is 11.8 Å². The van der Waals surface area contributed by atoms with Crippen molar-refractivity contribution in [1.29, 1.82) is 0 Å². The zero-order valence-corrected chi connectivity index (χ0v) is 37.0. The zero-order chi connectivity index (χ0) is 45.5. The monoisotopic (exact) mass is 896 g/mol. The molecule has 7 rings (SSSR count). The van der Waals surface area contributed by atoms with E-state index in [9.17, 15) is 9.59 Å². The largest absolute Gasteiger partial charge is 0.497 e. The van der Waals surface area contributed by atoms with Gasteiger partial charge in [0.1, 0.15) is 28.6 Å². The van der Waals surface area contributed by atoms with Crippen LogP contribution in [0.1, 0.15) is 51.3 Å². The van der Waals surface area contributed by atoms with Gasteiger partial charge in [-0.05, 0) is 76.1 Å². The average molecular weight is 897 g/mol. The van der Waals surface area contributed by atoms with Crippen molar-refractivity contribution >= 4 is 40.4 Å². The topological polar surface area (TPSA) is 111 Å². The molecule has 18 heteroatoms. The molecule has 336 valence electrons. The van der Waals surface area contributed by atoms with E-state index >= 15 is 22.0 Å². The quantitative estimate of drug-likeness (QED) is 0.125. The number of alkyl halides is 3. The van der Waals surface area contributed by atoms with E-state index in [1.807, 2.05) is 0 Å². The molecule has 2 aliphatic rings.